The Hall–Kier alpha value is -2.65. The van der Waals surface area contributed by atoms with Crippen molar-refractivity contribution < 1.29 is 14.1 Å². The molecule has 1 amide bonds. The average molecular weight is 477 g/mol. The number of hydrogen-bond acceptors (Lipinski definition) is 6. The van der Waals surface area contributed by atoms with Gasteiger partial charge in [0.05, 0.1) is 25.6 Å². The number of thiocarbonyl (C=S) groups is 1. The molecule has 0 bridgehead atoms. The molecule has 1 saturated heterocycles. The first-order chi connectivity index (χ1) is 14.3. The fourth-order valence-corrected chi connectivity index (χ4v) is 4.36. The Balaban J connectivity index is 1.58. The maximum atomic E-state index is 12.8. The minimum atomic E-state index is -0.504. The van der Waals surface area contributed by atoms with E-state index in [1.165, 1.54) is 29.2 Å². The van der Waals surface area contributed by atoms with Crippen molar-refractivity contribution in [1.29, 1.82) is 0 Å². The van der Waals surface area contributed by atoms with E-state index in [-0.39, 0.29) is 11.6 Å². The lowest BCUT2D eigenvalue weighted by molar-refractivity contribution is -0.384. The Morgan fingerprint density at radius 2 is 1.80 bits per heavy atom. The first kappa shape index (κ1) is 20.6. The average Bonchev–Trinajstić information content (AvgIpc) is 3.29. The molecule has 0 spiro atoms. The number of nitrogens with zero attached hydrogens (tertiary/aromatic N) is 2. The van der Waals surface area contributed by atoms with Gasteiger partial charge in [-0.1, -0.05) is 47.2 Å². The Bertz CT molecular complexity index is 1220. The molecule has 3 aromatic rings. The summed E-state index contributed by atoms with van der Waals surface area (Å²) in [6, 6.07) is 14.3. The van der Waals surface area contributed by atoms with Crippen LogP contribution in [0.5, 0.6) is 0 Å². The minimum absolute atomic E-state index is 0.0647. The lowest BCUT2D eigenvalue weighted by Crippen LogP contribution is -2.27. The van der Waals surface area contributed by atoms with Crippen LogP contribution in [0.1, 0.15) is 5.76 Å². The van der Waals surface area contributed by atoms with Crippen molar-refractivity contribution in [2.75, 3.05) is 4.90 Å². The van der Waals surface area contributed by atoms with E-state index < -0.39 is 4.92 Å². The van der Waals surface area contributed by atoms with Gasteiger partial charge in [-0.05, 0) is 42.5 Å². The highest BCUT2D eigenvalue weighted by atomic mass is 35.5. The summed E-state index contributed by atoms with van der Waals surface area (Å²) in [4.78, 5) is 24.9. The largest absolute Gasteiger partial charge is 0.457 e. The molecule has 2 aromatic carbocycles. The maximum Gasteiger partial charge on any atom is 0.270 e. The third-order valence-electron chi connectivity index (χ3n) is 4.22. The van der Waals surface area contributed by atoms with Crippen LogP contribution in [-0.4, -0.2) is 15.2 Å². The van der Waals surface area contributed by atoms with Crippen LogP contribution in [0.25, 0.3) is 17.4 Å². The molecular formula is C20H10Cl2N2O4S2. The van der Waals surface area contributed by atoms with Crippen LogP contribution in [0.2, 0.25) is 10.0 Å². The quantitative estimate of drug-likeness (QED) is 0.183. The fraction of sp³-hybridized carbons (Fsp3) is 0. The zero-order chi connectivity index (χ0) is 21.4. The summed E-state index contributed by atoms with van der Waals surface area (Å²) < 4.78 is 6.14. The molecule has 30 heavy (non-hydrogen) atoms. The first-order valence-corrected chi connectivity index (χ1v) is 10.4. The molecule has 0 N–H and O–H groups in total. The van der Waals surface area contributed by atoms with Crippen molar-refractivity contribution in [1.82, 2.24) is 0 Å². The molecule has 1 aromatic heterocycles. The number of nitro groups is 1. The summed E-state index contributed by atoms with van der Waals surface area (Å²) in [5.41, 5.74) is 1.15. The van der Waals surface area contributed by atoms with E-state index in [1.807, 2.05) is 0 Å². The molecular weight excluding hydrogens is 467 g/mol. The monoisotopic (exact) mass is 476 g/mol. The van der Waals surface area contributed by atoms with E-state index in [0.29, 0.717) is 36.5 Å². The Kier molecular flexibility index (Phi) is 5.66. The van der Waals surface area contributed by atoms with Gasteiger partial charge in [0.25, 0.3) is 11.6 Å². The maximum absolute atomic E-state index is 12.8. The first-order valence-electron chi connectivity index (χ1n) is 8.41. The second kappa shape index (κ2) is 8.23. The Labute approximate surface area is 190 Å². The van der Waals surface area contributed by atoms with Crippen LogP contribution in [0.4, 0.5) is 11.4 Å². The van der Waals surface area contributed by atoms with Crippen molar-refractivity contribution in [3.8, 4) is 11.3 Å². The number of non-ortho nitro benzene ring substituents is 1. The molecule has 1 aliphatic heterocycles. The number of halogens is 2. The summed E-state index contributed by atoms with van der Waals surface area (Å²) in [5, 5.41) is 11.7. The van der Waals surface area contributed by atoms with Gasteiger partial charge in [0.15, 0.2) is 4.32 Å². The number of benzene rings is 2. The highest BCUT2D eigenvalue weighted by molar-refractivity contribution is 8.27. The van der Waals surface area contributed by atoms with Crippen molar-refractivity contribution in [3.63, 3.8) is 0 Å². The minimum Gasteiger partial charge on any atom is -0.457 e. The number of furan rings is 1. The van der Waals surface area contributed by atoms with E-state index in [9.17, 15) is 14.9 Å². The number of anilines is 1. The number of hydrogen-bond donors (Lipinski definition) is 0. The summed E-state index contributed by atoms with van der Waals surface area (Å²) in [6.45, 7) is 0. The number of thioether (sulfide) groups is 1. The van der Waals surface area contributed by atoms with Crippen molar-refractivity contribution in [2.45, 2.75) is 0 Å². The zero-order valence-corrected chi connectivity index (χ0v) is 18.0. The molecule has 0 atom stereocenters. The normalized spacial score (nSPS) is 15.3. The van der Waals surface area contributed by atoms with Crippen molar-refractivity contribution in [2.24, 2.45) is 0 Å². The Morgan fingerprint density at radius 3 is 2.47 bits per heavy atom. The lowest BCUT2D eigenvalue weighted by Gasteiger charge is -2.13. The summed E-state index contributed by atoms with van der Waals surface area (Å²) in [5.74, 6) is 0.720. The van der Waals surface area contributed by atoms with Gasteiger partial charge in [-0.25, -0.2) is 0 Å². The van der Waals surface area contributed by atoms with Gasteiger partial charge >= 0.3 is 0 Å². The molecule has 0 saturated carbocycles. The van der Waals surface area contributed by atoms with Crippen molar-refractivity contribution >= 4 is 74.9 Å². The highest BCUT2D eigenvalue weighted by Crippen LogP contribution is 2.37. The summed E-state index contributed by atoms with van der Waals surface area (Å²) in [6.07, 6.45) is 1.60. The molecule has 0 unspecified atom stereocenters. The number of nitro benzene ring substituents is 1. The summed E-state index contributed by atoms with van der Waals surface area (Å²) >= 11 is 18.4. The van der Waals surface area contributed by atoms with Gasteiger partial charge < -0.3 is 4.42 Å². The van der Waals surface area contributed by atoms with E-state index in [2.05, 4.69) is 0 Å². The molecule has 6 nitrogen and oxygen atoms in total. The zero-order valence-electron chi connectivity index (χ0n) is 14.9. The molecule has 10 heteroatoms. The third-order valence-corrected chi connectivity index (χ3v) is 6.26. The van der Waals surface area contributed by atoms with E-state index in [0.717, 1.165) is 17.3 Å². The van der Waals surface area contributed by atoms with Gasteiger partial charge in [-0.2, -0.15) is 0 Å². The number of amides is 1. The van der Waals surface area contributed by atoms with Crippen LogP contribution in [0, 0.1) is 10.1 Å². The van der Waals surface area contributed by atoms with Crippen molar-refractivity contribution in [3.05, 3.63) is 85.4 Å². The number of carbonyl (C=O) groups excluding carboxylic acids is 1. The molecule has 0 radical (unpaired) electrons. The number of carbonyl (C=O) groups is 1. The molecule has 1 fully saturated rings. The van der Waals surface area contributed by atoms with Crippen LogP contribution in [-0.2, 0) is 4.79 Å². The topological polar surface area (TPSA) is 76.6 Å². The highest BCUT2D eigenvalue weighted by Gasteiger charge is 2.33. The molecule has 1 aliphatic rings. The fourth-order valence-electron chi connectivity index (χ4n) is 2.78. The van der Waals surface area contributed by atoms with E-state index in [4.69, 9.17) is 39.8 Å². The SMILES string of the molecule is O=C1/C(=C/c2ccc(-c3ccc(Cl)c(Cl)c3)o2)SC(=S)N1c1ccc([N+](=O)[O-])cc1. The molecule has 4 rings (SSSR count). The number of rotatable bonds is 4. The molecule has 150 valence electrons. The van der Waals surface area contributed by atoms with Crippen LogP contribution >= 0.6 is 47.2 Å². The van der Waals surface area contributed by atoms with Crippen LogP contribution in [0.15, 0.2) is 63.9 Å². The van der Waals surface area contributed by atoms with Crippen LogP contribution < -0.4 is 4.90 Å². The molecule has 0 aliphatic carbocycles. The van der Waals surface area contributed by atoms with Gasteiger partial charge in [0.2, 0.25) is 0 Å². The predicted molar refractivity (Wildman–Crippen MR) is 123 cm³/mol. The Morgan fingerprint density at radius 1 is 1.07 bits per heavy atom. The van der Waals surface area contributed by atoms with Gasteiger partial charge in [0, 0.05) is 23.8 Å². The molecule has 2 heterocycles. The smallest absolute Gasteiger partial charge is 0.270 e. The summed E-state index contributed by atoms with van der Waals surface area (Å²) in [7, 11) is 0. The lowest BCUT2D eigenvalue weighted by atomic mass is 10.2. The third kappa shape index (κ3) is 3.99. The van der Waals surface area contributed by atoms with Crippen LogP contribution in [0.3, 0.4) is 0 Å². The van der Waals surface area contributed by atoms with E-state index in [1.54, 1.807) is 36.4 Å². The van der Waals surface area contributed by atoms with Gasteiger partial charge in [-0.3, -0.25) is 19.8 Å². The second-order valence-corrected chi connectivity index (χ2v) is 8.61. The predicted octanol–water partition coefficient (Wildman–Crippen LogP) is 6.57. The standard InChI is InChI=1S/C20H10Cl2N2O4S2/c21-15-7-1-11(9-16(15)22)17-8-6-14(28-17)10-18-19(25)23(20(29)30-18)12-2-4-13(5-3-12)24(26)27/h1-10H/b18-10-. The second-order valence-electron chi connectivity index (χ2n) is 6.12. The van der Waals surface area contributed by atoms with Gasteiger partial charge in [-0.15, -0.1) is 0 Å². The van der Waals surface area contributed by atoms with Gasteiger partial charge in [0.1, 0.15) is 11.5 Å². The van der Waals surface area contributed by atoms with E-state index >= 15 is 0 Å².